The lowest BCUT2D eigenvalue weighted by Gasteiger charge is -2.17. The molecule has 0 aliphatic carbocycles. The molecule has 1 heterocycles. The Balaban J connectivity index is 1.37. The van der Waals surface area contributed by atoms with Gasteiger partial charge in [0.15, 0.2) is 0 Å². The van der Waals surface area contributed by atoms with E-state index in [-0.39, 0.29) is 11.6 Å². The molecule has 1 unspecified atom stereocenters. The summed E-state index contributed by atoms with van der Waals surface area (Å²) in [4.78, 5) is 28.1. The Morgan fingerprint density at radius 1 is 1.15 bits per heavy atom. The van der Waals surface area contributed by atoms with Crippen LogP contribution in [0, 0.1) is 5.82 Å². The fourth-order valence-electron chi connectivity index (χ4n) is 3.32. The second kappa shape index (κ2) is 12.2. The molecule has 0 radical (unpaired) electrons. The number of halogens is 1. The topological polar surface area (TPSA) is 104 Å². The van der Waals surface area contributed by atoms with Crippen molar-refractivity contribution in [2.45, 2.75) is 25.8 Å². The van der Waals surface area contributed by atoms with Gasteiger partial charge in [0, 0.05) is 41.9 Å². The number of carbonyl (C=O) groups excluding carboxylic acids is 2. The lowest BCUT2D eigenvalue weighted by atomic mass is 10.1. The molecule has 1 aromatic heterocycles. The van der Waals surface area contributed by atoms with Gasteiger partial charge < -0.3 is 15.4 Å². The van der Waals surface area contributed by atoms with Crippen LogP contribution in [0.2, 0.25) is 0 Å². The van der Waals surface area contributed by atoms with Gasteiger partial charge in [-0.05, 0) is 44.0 Å². The molecule has 0 fully saturated rings. The predicted octanol–water partition coefficient (Wildman–Crippen LogP) is 4.01. The largest absolute Gasteiger partial charge is 0.497 e. The van der Waals surface area contributed by atoms with Crippen molar-refractivity contribution in [1.29, 1.82) is 0 Å². The summed E-state index contributed by atoms with van der Waals surface area (Å²) in [6.45, 7) is 2.48. The van der Waals surface area contributed by atoms with Crippen LogP contribution in [-0.2, 0) is 4.79 Å². The van der Waals surface area contributed by atoms with Crippen LogP contribution in [0.5, 0.6) is 5.75 Å². The van der Waals surface area contributed by atoms with E-state index in [0.717, 1.165) is 41.3 Å². The molecule has 0 saturated carbocycles. The number of amides is 3. The van der Waals surface area contributed by atoms with Crippen LogP contribution >= 0.6 is 0 Å². The second-order valence-electron chi connectivity index (χ2n) is 7.66. The molecule has 1 atom stereocenters. The van der Waals surface area contributed by atoms with E-state index < -0.39 is 17.8 Å². The Morgan fingerprint density at radius 3 is 2.76 bits per heavy atom. The number of rotatable bonds is 9. The van der Waals surface area contributed by atoms with Gasteiger partial charge >= 0.3 is 6.03 Å². The average molecular weight is 466 g/mol. The third kappa shape index (κ3) is 7.19. The van der Waals surface area contributed by atoms with Crippen molar-refractivity contribution in [3.63, 3.8) is 0 Å². The molecule has 3 rings (SSSR count). The SMILES string of the molecule is COc1cc(NC(C)CCCNC(=O)NNC(=O)/C=C/c2ccccc2F)c2ncccc2c1. The van der Waals surface area contributed by atoms with Gasteiger partial charge in [0.1, 0.15) is 11.6 Å². The number of hydrogen-bond donors (Lipinski definition) is 4. The number of aromatic nitrogens is 1. The Morgan fingerprint density at radius 2 is 1.97 bits per heavy atom. The normalized spacial score (nSPS) is 11.7. The van der Waals surface area contributed by atoms with E-state index in [1.54, 1.807) is 31.5 Å². The van der Waals surface area contributed by atoms with Gasteiger partial charge in [-0.25, -0.2) is 14.6 Å². The first kappa shape index (κ1) is 24.5. The third-order valence-electron chi connectivity index (χ3n) is 5.03. The molecule has 0 bridgehead atoms. The molecule has 4 N–H and O–H groups in total. The van der Waals surface area contributed by atoms with Gasteiger partial charge in [0.2, 0.25) is 0 Å². The van der Waals surface area contributed by atoms with Crippen LogP contribution in [0.3, 0.4) is 0 Å². The number of carbonyl (C=O) groups is 2. The molecule has 178 valence electrons. The summed E-state index contributed by atoms with van der Waals surface area (Å²) in [7, 11) is 1.63. The Bertz CT molecular complexity index is 1170. The molecule has 34 heavy (non-hydrogen) atoms. The first-order valence-corrected chi connectivity index (χ1v) is 10.9. The molecule has 9 heteroatoms. The van der Waals surface area contributed by atoms with Crippen LogP contribution in [0.25, 0.3) is 17.0 Å². The van der Waals surface area contributed by atoms with E-state index in [1.165, 1.54) is 12.1 Å². The van der Waals surface area contributed by atoms with Crippen molar-refractivity contribution in [2.24, 2.45) is 0 Å². The van der Waals surface area contributed by atoms with Gasteiger partial charge in [-0.15, -0.1) is 0 Å². The standard InChI is InChI=1S/C25H28FN5O3/c1-17(29-22-16-20(34-2)15-19-9-6-13-27-24(19)22)7-5-14-28-25(33)31-30-23(32)12-11-18-8-3-4-10-21(18)26/h3-4,6,8-13,15-17,29H,5,7,14H2,1-2H3,(H,30,32)(H2,28,31,33)/b12-11+. The zero-order valence-electron chi connectivity index (χ0n) is 19.1. The minimum Gasteiger partial charge on any atom is -0.497 e. The van der Waals surface area contributed by atoms with Crippen LogP contribution in [0.15, 0.2) is 60.8 Å². The van der Waals surface area contributed by atoms with Gasteiger partial charge in [0.05, 0.1) is 18.3 Å². The number of urea groups is 1. The van der Waals surface area contributed by atoms with Crippen molar-refractivity contribution < 1.29 is 18.7 Å². The summed E-state index contributed by atoms with van der Waals surface area (Å²) in [6.07, 6.45) is 5.74. The summed E-state index contributed by atoms with van der Waals surface area (Å²) < 4.78 is 18.9. The zero-order valence-corrected chi connectivity index (χ0v) is 19.1. The van der Waals surface area contributed by atoms with E-state index in [2.05, 4.69) is 33.4 Å². The molecule has 2 aromatic carbocycles. The number of hydrazine groups is 1. The smallest absolute Gasteiger partial charge is 0.333 e. The second-order valence-corrected chi connectivity index (χ2v) is 7.66. The fourth-order valence-corrected chi connectivity index (χ4v) is 3.32. The number of benzene rings is 2. The third-order valence-corrected chi connectivity index (χ3v) is 5.03. The molecular formula is C25H28FN5O3. The zero-order chi connectivity index (χ0) is 24.3. The highest BCUT2D eigenvalue weighted by molar-refractivity contribution is 5.93. The van der Waals surface area contributed by atoms with Crippen LogP contribution in [0.4, 0.5) is 14.9 Å². The number of fused-ring (bicyclic) bond motifs is 1. The minimum absolute atomic E-state index is 0.130. The number of pyridine rings is 1. The van der Waals surface area contributed by atoms with Gasteiger partial charge in [0.25, 0.3) is 5.91 Å². The Labute approximate surface area is 197 Å². The number of hydrogen-bond acceptors (Lipinski definition) is 5. The van der Waals surface area contributed by atoms with Gasteiger partial charge in [-0.3, -0.25) is 15.2 Å². The lowest BCUT2D eigenvalue weighted by Crippen LogP contribution is -2.46. The average Bonchev–Trinajstić information content (AvgIpc) is 2.84. The van der Waals surface area contributed by atoms with Crippen molar-refractivity contribution >= 4 is 34.6 Å². The Kier molecular flexibility index (Phi) is 8.79. The molecular weight excluding hydrogens is 437 g/mol. The molecule has 0 saturated heterocycles. The van der Waals surface area contributed by atoms with E-state index >= 15 is 0 Å². The minimum atomic E-state index is -0.574. The highest BCUT2D eigenvalue weighted by atomic mass is 19.1. The van der Waals surface area contributed by atoms with E-state index in [4.69, 9.17) is 4.74 Å². The predicted molar refractivity (Wildman–Crippen MR) is 131 cm³/mol. The van der Waals surface area contributed by atoms with Gasteiger partial charge in [-0.2, -0.15) is 0 Å². The maximum atomic E-state index is 13.5. The van der Waals surface area contributed by atoms with Crippen molar-refractivity contribution in [1.82, 2.24) is 21.2 Å². The van der Waals surface area contributed by atoms with Crippen LogP contribution in [-0.4, -0.2) is 36.6 Å². The number of ether oxygens (including phenoxy) is 1. The van der Waals surface area contributed by atoms with Crippen molar-refractivity contribution in [3.8, 4) is 5.75 Å². The number of nitrogens with one attached hydrogen (secondary N) is 4. The number of anilines is 1. The summed E-state index contributed by atoms with van der Waals surface area (Å²) in [5, 5.41) is 7.12. The van der Waals surface area contributed by atoms with E-state index in [1.807, 2.05) is 24.3 Å². The lowest BCUT2D eigenvalue weighted by molar-refractivity contribution is -0.117. The number of nitrogens with zero attached hydrogens (tertiary/aromatic N) is 1. The molecule has 3 amide bonds. The summed E-state index contributed by atoms with van der Waals surface area (Å²) >= 11 is 0. The van der Waals surface area contributed by atoms with E-state index in [0.29, 0.717) is 6.54 Å². The quantitative estimate of drug-likeness (QED) is 0.217. The summed E-state index contributed by atoms with van der Waals surface area (Å²) in [6, 6.07) is 13.4. The van der Waals surface area contributed by atoms with Gasteiger partial charge in [-0.1, -0.05) is 24.3 Å². The van der Waals surface area contributed by atoms with Crippen molar-refractivity contribution in [3.05, 3.63) is 72.2 Å². The molecule has 8 nitrogen and oxygen atoms in total. The Hall–Kier alpha value is -4.14. The maximum Gasteiger partial charge on any atom is 0.333 e. The summed E-state index contributed by atoms with van der Waals surface area (Å²) in [5.41, 5.74) is 6.54. The van der Waals surface area contributed by atoms with E-state index in [9.17, 15) is 14.0 Å². The number of methoxy groups -OCH3 is 1. The highest BCUT2D eigenvalue weighted by Crippen LogP contribution is 2.28. The van der Waals surface area contributed by atoms with Crippen molar-refractivity contribution in [2.75, 3.05) is 19.0 Å². The van der Waals surface area contributed by atoms with Crippen LogP contribution in [0.1, 0.15) is 25.3 Å². The first-order valence-electron chi connectivity index (χ1n) is 10.9. The van der Waals surface area contributed by atoms with Crippen LogP contribution < -0.4 is 26.2 Å². The first-order chi connectivity index (χ1) is 16.5. The fraction of sp³-hybridized carbons (Fsp3) is 0.240. The summed E-state index contributed by atoms with van der Waals surface area (Å²) in [5.74, 6) is -0.258. The maximum absolute atomic E-state index is 13.5. The monoisotopic (exact) mass is 465 g/mol. The molecule has 0 spiro atoms. The highest BCUT2D eigenvalue weighted by Gasteiger charge is 2.09. The molecule has 0 aliphatic heterocycles. The molecule has 0 aliphatic rings. The molecule has 3 aromatic rings.